The number of aromatic nitrogens is 2. The van der Waals surface area contributed by atoms with Gasteiger partial charge in [0.25, 0.3) is 5.91 Å². The molecule has 2 N–H and O–H groups in total. The van der Waals surface area contributed by atoms with Crippen molar-refractivity contribution in [2.24, 2.45) is 0 Å². The second-order valence-electron chi connectivity index (χ2n) is 5.67. The third-order valence-electron chi connectivity index (χ3n) is 4.07. The minimum atomic E-state index is -0.533. The van der Waals surface area contributed by atoms with E-state index in [0.717, 1.165) is 37.0 Å². The topological polar surface area (TPSA) is 84.1 Å². The fraction of sp³-hybridized carbons (Fsp3) is 0.353. The molecule has 1 aliphatic rings. The summed E-state index contributed by atoms with van der Waals surface area (Å²) in [5.74, 6) is 0.462. The summed E-state index contributed by atoms with van der Waals surface area (Å²) >= 11 is 0. The van der Waals surface area contributed by atoms with Crippen molar-refractivity contribution in [2.45, 2.75) is 31.7 Å². The summed E-state index contributed by atoms with van der Waals surface area (Å²) in [5, 5.41) is 2.96. The molecule has 1 heterocycles. The molecule has 3 rings (SSSR count). The van der Waals surface area contributed by atoms with Gasteiger partial charge in [0.2, 0.25) is 0 Å². The van der Waals surface area contributed by atoms with Gasteiger partial charge in [-0.2, -0.15) is 4.98 Å². The fourth-order valence-electron chi connectivity index (χ4n) is 2.82. The zero-order valence-corrected chi connectivity index (χ0v) is 13.0. The highest BCUT2D eigenvalue weighted by molar-refractivity contribution is 5.93. The number of benzene rings is 1. The van der Waals surface area contributed by atoms with E-state index < -0.39 is 5.69 Å². The number of H-pyrrole nitrogens is 1. The smallest absolute Gasteiger partial charge is 0.346 e. The van der Waals surface area contributed by atoms with Gasteiger partial charge in [-0.1, -0.05) is 12.8 Å². The summed E-state index contributed by atoms with van der Waals surface area (Å²) in [6.45, 7) is 0. The highest BCUT2D eigenvalue weighted by atomic mass is 16.5. The lowest BCUT2D eigenvalue weighted by Crippen LogP contribution is -2.34. The van der Waals surface area contributed by atoms with Crippen LogP contribution in [0, 0.1) is 0 Å². The van der Waals surface area contributed by atoms with Crippen LogP contribution in [-0.2, 0) is 0 Å². The number of hydrogen-bond donors (Lipinski definition) is 2. The first kappa shape index (κ1) is 15.3. The first-order chi connectivity index (χ1) is 11.2. The van der Waals surface area contributed by atoms with Gasteiger partial charge in [0.05, 0.1) is 12.8 Å². The van der Waals surface area contributed by atoms with Gasteiger partial charge < -0.3 is 15.0 Å². The van der Waals surface area contributed by atoms with E-state index in [-0.39, 0.29) is 17.6 Å². The van der Waals surface area contributed by atoms with Crippen molar-refractivity contribution in [1.82, 2.24) is 15.3 Å². The highest BCUT2D eigenvalue weighted by Gasteiger charge is 2.19. The predicted molar refractivity (Wildman–Crippen MR) is 86.6 cm³/mol. The number of nitrogens with one attached hydrogen (secondary N) is 2. The standard InChI is InChI=1S/C17H19N3O3/c1-23-13-8-6-11(7-9-13)14-10-15(20-17(22)19-14)16(21)18-12-4-2-3-5-12/h6-10,12H,2-5H2,1H3,(H,18,21)(H,19,20,22). The monoisotopic (exact) mass is 313 g/mol. The summed E-state index contributed by atoms with van der Waals surface area (Å²) in [7, 11) is 1.59. The van der Waals surface area contributed by atoms with Gasteiger partial charge in [-0.15, -0.1) is 0 Å². The lowest BCUT2D eigenvalue weighted by Gasteiger charge is -2.12. The Balaban J connectivity index is 1.85. The molecule has 1 aliphatic carbocycles. The van der Waals surface area contributed by atoms with Crippen LogP contribution in [0.15, 0.2) is 35.1 Å². The number of amides is 1. The second kappa shape index (κ2) is 6.64. The number of methoxy groups -OCH3 is 1. The molecule has 2 aromatic rings. The molecule has 6 heteroatoms. The van der Waals surface area contributed by atoms with E-state index in [4.69, 9.17) is 4.74 Å². The molecule has 120 valence electrons. The van der Waals surface area contributed by atoms with Crippen LogP contribution < -0.4 is 15.7 Å². The van der Waals surface area contributed by atoms with Crippen LogP contribution in [0.2, 0.25) is 0 Å². The van der Waals surface area contributed by atoms with E-state index in [2.05, 4.69) is 15.3 Å². The predicted octanol–water partition coefficient (Wildman–Crippen LogP) is 2.12. The van der Waals surface area contributed by atoms with Crippen LogP contribution >= 0.6 is 0 Å². The SMILES string of the molecule is COc1ccc(-c2cc(C(=O)NC3CCCC3)[nH]c(=O)n2)cc1. The van der Waals surface area contributed by atoms with Crippen molar-refractivity contribution < 1.29 is 9.53 Å². The molecule has 1 amide bonds. The average Bonchev–Trinajstić information content (AvgIpc) is 3.07. The van der Waals surface area contributed by atoms with Crippen LogP contribution in [-0.4, -0.2) is 29.0 Å². The van der Waals surface area contributed by atoms with Crippen LogP contribution in [0.3, 0.4) is 0 Å². The van der Waals surface area contributed by atoms with Crippen molar-refractivity contribution in [3.8, 4) is 17.0 Å². The number of rotatable bonds is 4. The van der Waals surface area contributed by atoms with Gasteiger partial charge in [0.1, 0.15) is 11.4 Å². The van der Waals surface area contributed by atoms with Crippen LogP contribution in [0.1, 0.15) is 36.2 Å². The van der Waals surface area contributed by atoms with Gasteiger partial charge in [-0.05, 0) is 43.2 Å². The number of ether oxygens (including phenoxy) is 1. The molecule has 1 aromatic heterocycles. The fourth-order valence-corrected chi connectivity index (χ4v) is 2.82. The van der Waals surface area contributed by atoms with E-state index in [0.29, 0.717) is 5.69 Å². The Morgan fingerprint density at radius 2 is 1.96 bits per heavy atom. The molecular weight excluding hydrogens is 294 g/mol. The Morgan fingerprint density at radius 3 is 2.61 bits per heavy atom. The molecule has 0 aliphatic heterocycles. The molecule has 0 atom stereocenters. The van der Waals surface area contributed by atoms with Gasteiger partial charge in [-0.25, -0.2) is 4.79 Å². The minimum absolute atomic E-state index is 0.198. The third kappa shape index (κ3) is 3.59. The van der Waals surface area contributed by atoms with E-state index >= 15 is 0 Å². The van der Waals surface area contributed by atoms with Crippen molar-refractivity contribution in [2.75, 3.05) is 7.11 Å². The number of aromatic amines is 1. The molecule has 0 saturated heterocycles. The molecule has 1 aromatic carbocycles. The largest absolute Gasteiger partial charge is 0.497 e. The maximum absolute atomic E-state index is 12.3. The summed E-state index contributed by atoms with van der Waals surface area (Å²) < 4.78 is 5.11. The quantitative estimate of drug-likeness (QED) is 0.905. The van der Waals surface area contributed by atoms with Gasteiger partial charge >= 0.3 is 5.69 Å². The van der Waals surface area contributed by atoms with E-state index in [1.165, 1.54) is 0 Å². The van der Waals surface area contributed by atoms with Gasteiger partial charge in [0.15, 0.2) is 0 Å². The van der Waals surface area contributed by atoms with Crippen molar-refractivity contribution in [3.05, 3.63) is 46.5 Å². The van der Waals surface area contributed by atoms with E-state index in [1.807, 2.05) is 0 Å². The zero-order chi connectivity index (χ0) is 16.2. The van der Waals surface area contributed by atoms with E-state index in [1.54, 1.807) is 37.4 Å². The third-order valence-corrected chi connectivity index (χ3v) is 4.07. The molecular formula is C17H19N3O3. The van der Waals surface area contributed by atoms with Crippen molar-refractivity contribution in [1.29, 1.82) is 0 Å². The average molecular weight is 313 g/mol. The number of carbonyl (C=O) groups is 1. The summed E-state index contributed by atoms with van der Waals surface area (Å²) in [6, 6.07) is 8.99. The summed E-state index contributed by atoms with van der Waals surface area (Å²) in [5.41, 5.74) is 0.928. The molecule has 1 fully saturated rings. The Bertz CT molecular complexity index is 746. The van der Waals surface area contributed by atoms with Crippen LogP contribution in [0.4, 0.5) is 0 Å². The molecule has 0 spiro atoms. The van der Waals surface area contributed by atoms with Gasteiger partial charge in [-0.3, -0.25) is 4.79 Å². The Labute approximate surface area is 133 Å². The summed E-state index contributed by atoms with van der Waals surface area (Å²) in [4.78, 5) is 30.5. The number of hydrogen-bond acceptors (Lipinski definition) is 4. The maximum atomic E-state index is 12.3. The maximum Gasteiger partial charge on any atom is 0.346 e. The normalized spacial score (nSPS) is 14.7. The second-order valence-corrected chi connectivity index (χ2v) is 5.67. The minimum Gasteiger partial charge on any atom is -0.497 e. The summed E-state index contributed by atoms with van der Waals surface area (Å²) in [6.07, 6.45) is 4.25. The number of carbonyl (C=O) groups excluding carboxylic acids is 1. The zero-order valence-electron chi connectivity index (χ0n) is 13.0. The first-order valence-electron chi connectivity index (χ1n) is 7.72. The lowest BCUT2D eigenvalue weighted by atomic mass is 10.1. The lowest BCUT2D eigenvalue weighted by molar-refractivity contribution is 0.0932. The Kier molecular flexibility index (Phi) is 4.41. The van der Waals surface area contributed by atoms with Crippen molar-refractivity contribution >= 4 is 5.91 Å². The van der Waals surface area contributed by atoms with Crippen molar-refractivity contribution in [3.63, 3.8) is 0 Å². The van der Waals surface area contributed by atoms with E-state index in [9.17, 15) is 9.59 Å². The molecule has 0 unspecified atom stereocenters. The Morgan fingerprint density at radius 1 is 1.26 bits per heavy atom. The molecule has 0 bridgehead atoms. The van der Waals surface area contributed by atoms with Gasteiger partial charge in [0, 0.05) is 11.6 Å². The Hall–Kier alpha value is -2.63. The first-order valence-corrected chi connectivity index (χ1v) is 7.72. The number of nitrogens with zero attached hydrogens (tertiary/aromatic N) is 1. The van der Waals surface area contributed by atoms with Crippen LogP contribution in [0.25, 0.3) is 11.3 Å². The molecule has 1 saturated carbocycles. The molecule has 6 nitrogen and oxygen atoms in total. The molecule has 23 heavy (non-hydrogen) atoms. The highest BCUT2D eigenvalue weighted by Crippen LogP contribution is 2.21. The molecule has 0 radical (unpaired) electrons. The van der Waals surface area contributed by atoms with Crippen LogP contribution in [0.5, 0.6) is 5.75 Å².